The Kier molecular flexibility index (Phi) is 4.94. The second-order valence-electron chi connectivity index (χ2n) is 4.24. The van der Waals surface area contributed by atoms with Gasteiger partial charge in [-0.25, -0.2) is 0 Å². The van der Waals surface area contributed by atoms with Crippen molar-refractivity contribution >= 4 is 5.97 Å². The monoisotopic (exact) mass is 199 g/mol. The molecule has 0 aromatic heterocycles. The minimum Gasteiger partial charge on any atom is -0.481 e. The third-order valence-corrected chi connectivity index (χ3v) is 3.24. The van der Waals surface area contributed by atoms with Crippen molar-refractivity contribution in [2.24, 2.45) is 11.8 Å². The fourth-order valence-electron chi connectivity index (χ4n) is 2.40. The van der Waals surface area contributed by atoms with Crippen LogP contribution in [0, 0.1) is 11.8 Å². The highest BCUT2D eigenvalue weighted by molar-refractivity contribution is 5.70. The van der Waals surface area contributed by atoms with Crippen molar-refractivity contribution in [2.45, 2.75) is 38.5 Å². The molecule has 3 heteroatoms. The van der Waals surface area contributed by atoms with Gasteiger partial charge in [-0.1, -0.05) is 19.3 Å². The van der Waals surface area contributed by atoms with Crippen molar-refractivity contribution in [3.05, 3.63) is 0 Å². The molecule has 1 fully saturated rings. The molecule has 0 aromatic rings. The summed E-state index contributed by atoms with van der Waals surface area (Å²) >= 11 is 0. The van der Waals surface area contributed by atoms with Gasteiger partial charge in [-0.05, 0) is 38.8 Å². The van der Waals surface area contributed by atoms with Crippen molar-refractivity contribution in [3.8, 4) is 0 Å². The van der Waals surface area contributed by atoms with E-state index in [1.165, 1.54) is 19.3 Å². The summed E-state index contributed by atoms with van der Waals surface area (Å²) in [6, 6.07) is 0. The molecule has 2 N–H and O–H groups in total. The van der Waals surface area contributed by atoms with Crippen molar-refractivity contribution in [3.63, 3.8) is 0 Å². The van der Waals surface area contributed by atoms with Crippen LogP contribution in [0.2, 0.25) is 0 Å². The van der Waals surface area contributed by atoms with E-state index in [0.29, 0.717) is 5.92 Å². The van der Waals surface area contributed by atoms with Gasteiger partial charge in [-0.3, -0.25) is 4.79 Å². The number of hydrogen-bond donors (Lipinski definition) is 2. The zero-order valence-electron chi connectivity index (χ0n) is 8.96. The van der Waals surface area contributed by atoms with E-state index in [2.05, 4.69) is 5.32 Å². The predicted molar refractivity (Wildman–Crippen MR) is 56.2 cm³/mol. The summed E-state index contributed by atoms with van der Waals surface area (Å²) in [5.41, 5.74) is 0. The Morgan fingerprint density at radius 1 is 1.43 bits per heavy atom. The molecule has 0 saturated heterocycles. The maximum Gasteiger partial charge on any atom is 0.306 e. The van der Waals surface area contributed by atoms with Crippen molar-refractivity contribution in [2.75, 3.05) is 13.6 Å². The highest BCUT2D eigenvalue weighted by atomic mass is 16.4. The third-order valence-electron chi connectivity index (χ3n) is 3.24. The number of carboxylic acids is 1. The molecule has 0 spiro atoms. The molecule has 1 saturated carbocycles. The lowest BCUT2D eigenvalue weighted by Gasteiger charge is -2.27. The Bertz CT molecular complexity index is 176. The summed E-state index contributed by atoms with van der Waals surface area (Å²) in [7, 11) is 1.87. The van der Waals surface area contributed by atoms with Gasteiger partial charge in [0, 0.05) is 0 Å². The molecule has 14 heavy (non-hydrogen) atoms. The molecular formula is C11H21NO2. The molecule has 0 aliphatic heterocycles. The first kappa shape index (κ1) is 11.5. The Balaban J connectivity index is 2.43. The number of aliphatic carboxylic acids is 1. The average molecular weight is 199 g/mol. The standard InChI is InChI=1S/C11H21NO2/c1-12-8-7-10(11(13)14)9-5-3-2-4-6-9/h9-10,12H,2-8H2,1H3,(H,13,14). The normalized spacial score (nSPS) is 20.6. The summed E-state index contributed by atoms with van der Waals surface area (Å²) in [5, 5.41) is 12.2. The molecule has 0 heterocycles. The fourth-order valence-corrected chi connectivity index (χ4v) is 2.40. The van der Waals surface area contributed by atoms with Gasteiger partial charge in [-0.15, -0.1) is 0 Å². The van der Waals surface area contributed by atoms with Crippen LogP contribution in [-0.4, -0.2) is 24.7 Å². The lowest BCUT2D eigenvalue weighted by Crippen LogP contribution is -2.28. The molecule has 1 aliphatic rings. The number of carboxylic acid groups (broad SMARTS) is 1. The van der Waals surface area contributed by atoms with Crippen LogP contribution < -0.4 is 5.32 Å². The van der Waals surface area contributed by atoms with E-state index >= 15 is 0 Å². The van der Waals surface area contributed by atoms with Crippen LogP contribution in [0.1, 0.15) is 38.5 Å². The van der Waals surface area contributed by atoms with Crippen molar-refractivity contribution in [1.29, 1.82) is 0 Å². The lowest BCUT2D eigenvalue weighted by molar-refractivity contribution is -0.144. The van der Waals surface area contributed by atoms with Crippen LogP contribution in [0.25, 0.3) is 0 Å². The first-order chi connectivity index (χ1) is 6.75. The topological polar surface area (TPSA) is 49.3 Å². The van der Waals surface area contributed by atoms with E-state index in [1.54, 1.807) is 0 Å². The minimum absolute atomic E-state index is 0.122. The second kappa shape index (κ2) is 6.02. The van der Waals surface area contributed by atoms with Gasteiger partial charge < -0.3 is 10.4 Å². The fraction of sp³-hybridized carbons (Fsp3) is 0.909. The van der Waals surface area contributed by atoms with E-state index in [4.69, 9.17) is 5.11 Å². The predicted octanol–water partition coefficient (Wildman–Crippen LogP) is 1.88. The van der Waals surface area contributed by atoms with E-state index in [9.17, 15) is 4.79 Å². The summed E-state index contributed by atoms with van der Waals surface area (Å²) in [5.74, 6) is -0.301. The zero-order chi connectivity index (χ0) is 10.4. The summed E-state index contributed by atoms with van der Waals surface area (Å²) in [6.45, 7) is 0.813. The van der Waals surface area contributed by atoms with Crippen LogP contribution in [0.4, 0.5) is 0 Å². The van der Waals surface area contributed by atoms with Gasteiger partial charge in [0.05, 0.1) is 5.92 Å². The number of carbonyl (C=O) groups is 1. The molecule has 1 unspecified atom stereocenters. The Hall–Kier alpha value is -0.570. The second-order valence-corrected chi connectivity index (χ2v) is 4.24. The van der Waals surface area contributed by atoms with Gasteiger partial charge in [0.25, 0.3) is 0 Å². The van der Waals surface area contributed by atoms with Crippen LogP contribution in [0.3, 0.4) is 0 Å². The summed E-state index contributed by atoms with van der Waals surface area (Å²) in [4.78, 5) is 11.1. The molecule has 1 rings (SSSR count). The molecule has 0 bridgehead atoms. The molecule has 1 atom stereocenters. The van der Waals surface area contributed by atoms with Gasteiger partial charge in [0.2, 0.25) is 0 Å². The number of rotatable bonds is 5. The van der Waals surface area contributed by atoms with E-state index in [-0.39, 0.29) is 5.92 Å². The third kappa shape index (κ3) is 3.29. The Morgan fingerprint density at radius 2 is 2.07 bits per heavy atom. The Morgan fingerprint density at radius 3 is 2.57 bits per heavy atom. The molecule has 1 aliphatic carbocycles. The zero-order valence-corrected chi connectivity index (χ0v) is 8.96. The molecule has 3 nitrogen and oxygen atoms in total. The molecule has 0 amide bonds. The maximum absolute atomic E-state index is 11.1. The Labute approximate surface area is 85.9 Å². The number of nitrogens with one attached hydrogen (secondary N) is 1. The molecule has 0 aromatic carbocycles. The molecule has 0 radical (unpaired) electrons. The van der Waals surface area contributed by atoms with Gasteiger partial charge in [0.15, 0.2) is 0 Å². The van der Waals surface area contributed by atoms with E-state index in [1.807, 2.05) is 7.05 Å². The smallest absolute Gasteiger partial charge is 0.306 e. The van der Waals surface area contributed by atoms with Crippen LogP contribution in [0.5, 0.6) is 0 Å². The van der Waals surface area contributed by atoms with Gasteiger partial charge >= 0.3 is 5.97 Å². The maximum atomic E-state index is 11.1. The highest BCUT2D eigenvalue weighted by Gasteiger charge is 2.28. The van der Waals surface area contributed by atoms with Crippen LogP contribution in [0.15, 0.2) is 0 Å². The average Bonchev–Trinajstić information content (AvgIpc) is 2.19. The first-order valence-corrected chi connectivity index (χ1v) is 5.63. The minimum atomic E-state index is -0.604. The van der Waals surface area contributed by atoms with Crippen molar-refractivity contribution < 1.29 is 9.90 Å². The largest absolute Gasteiger partial charge is 0.481 e. The first-order valence-electron chi connectivity index (χ1n) is 5.63. The van der Waals surface area contributed by atoms with Crippen LogP contribution >= 0.6 is 0 Å². The highest BCUT2D eigenvalue weighted by Crippen LogP contribution is 2.31. The van der Waals surface area contributed by atoms with Gasteiger partial charge in [-0.2, -0.15) is 0 Å². The van der Waals surface area contributed by atoms with E-state index in [0.717, 1.165) is 25.8 Å². The lowest BCUT2D eigenvalue weighted by atomic mass is 9.78. The summed E-state index contributed by atoms with van der Waals surface area (Å²) in [6.07, 6.45) is 6.72. The quantitative estimate of drug-likeness (QED) is 0.710. The van der Waals surface area contributed by atoms with Crippen molar-refractivity contribution in [1.82, 2.24) is 5.32 Å². The van der Waals surface area contributed by atoms with E-state index < -0.39 is 5.97 Å². The molecule has 82 valence electrons. The van der Waals surface area contributed by atoms with Crippen LogP contribution in [-0.2, 0) is 4.79 Å². The molecular weight excluding hydrogens is 178 g/mol. The SMILES string of the molecule is CNCCC(C(=O)O)C1CCCCC1. The van der Waals surface area contributed by atoms with Gasteiger partial charge in [0.1, 0.15) is 0 Å². The summed E-state index contributed by atoms with van der Waals surface area (Å²) < 4.78 is 0. The number of hydrogen-bond acceptors (Lipinski definition) is 2.